The van der Waals surface area contributed by atoms with Crippen molar-refractivity contribution in [1.29, 1.82) is 0 Å². The third-order valence-corrected chi connectivity index (χ3v) is 5.17. The number of fused-ring (bicyclic) bond motifs is 1. The third-order valence-electron chi connectivity index (χ3n) is 4.68. The largest absolute Gasteiger partial charge is 0.493 e. The Labute approximate surface area is 189 Å². The second-order valence-corrected chi connectivity index (χ2v) is 7.89. The maximum atomic E-state index is 11.5. The Morgan fingerprint density at radius 2 is 2.03 bits per heavy atom. The molecule has 0 atom stereocenters. The zero-order valence-corrected chi connectivity index (χ0v) is 19.1. The highest BCUT2D eigenvalue weighted by molar-refractivity contribution is 9.10. The molecule has 1 aromatic heterocycles. The van der Waals surface area contributed by atoms with Gasteiger partial charge in [-0.3, -0.25) is 4.79 Å². The van der Waals surface area contributed by atoms with Crippen LogP contribution in [0.5, 0.6) is 11.5 Å². The molecule has 0 aliphatic heterocycles. The van der Waals surface area contributed by atoms with Gasteiger partial charge in [-0.1, -0.05) is 28.4 Å². The highest BCUT2D eigenvalue weighted by Crippen LogP contribution is 2.35. The molecular weight excluding hydrogens is 462 g/mol. The first-order chi connectivity index (χ1) is 15.0. The van der Waals surface area contributed by atoms with Gasteiger partial charge in [-0.15, -0.1) is 0 Å². The van der Waals surface area contributed by atoms with Crippen molar-refractivity contribution in [3.63, 3.8) is 0 Å². The van der Waals surface area contributed by atoms with Gasteiger partial charge in [0.1, 0.15) is 12.1 Å². The number of carbonyl (C=O) groups excluding carboxylic acids is 1. The van der Waals surface area contributed by atoms with E-state index in [0.717, 1.165) is 41.4 Å². The van der Waals surface area contributed by atoms with Crippen molar-refractivity contribution in [2.24, 2.45) is 0 Å². The van der Waals surface area contributed by atoms with Gasteiger partial charge < -0.3 is 19.9 Å². The van der Waals surface area contributed by atoms with Crippen LogP contribution < -0.4 is 14.8 Å². The Morgan fingerprint density at radius 1 is 1.19 bits per heavy atom. The Balaban J connectivity index is 1.92. The molecule has 0 saturated heterocycles. The number of unbranched alkanes of at least 4 members (excludes halogenated alkanes) is 3. The summed E-state index contributed by atoms with van der Waals surface area (Å²) in [6, 6.07) is 9.49. The van der Waals surface area contributed by atoms with Crippen molar-refractivity contribution in [3.8, 4) is 11.5 Å². The first kappa shape index (κ1) is 23.0. The number of rotatable bonds is 10. The number of carbonyl (C=O) groups is 1. The highest BCUT2D eigenvalue weighted by atomic mass is 79.9. The minimum Gasteiger partial charge on any atom is -0.493 e. The molecule has 3 aromatic rings. The maximum absolute atomic E-state index is 11.5. The van der Waals surface area contributed by atoms with Gasteiger partial charge in [-0.2, -0.15) is 0 Å². The van der Waals surface area contributed by atoms with Crippen LogP contribution in [0.4, 0.5) is 11.5 Å². The maximum Gasteiger partial charge on any atom is 0.308 e. The number of hydrogen-bond donors (Lipinski definition) is 2. The lowest BCUT2D eigenvalue weighted by Gasteiger charge is -2.15. The van der Waals surface area contributed by atoms with Crippen molar-refractivity contribution in [2.45, 2.75) is 32.6 Å². The number of nitrogens with one attached hydrogen (secondary N) is 1. The van der Waals surface area contributed by atoms with E-state index in [2.05, 4.69) is 43.7 Å². The lowest BCUT2D eigenvalue weighted by Crippen LogP contribution is -2.04. The van der Waals surface area contributed by atoms with E-state index in [-0.39, 0.29) is 6.61 Å². The molecule has 163 valence electrons. The molecule has 0 bridgehead atoms. The van der Waals surface area contributed by atoms with E-state index < -0.39 is 5.97 Å². The molecular formula is C23H25BrN3O4. The van der Waals surface area contributed by atoms with E-state index in [1.54, 1.807) is 12.1 Å². The molecule has 0 saturated carbocycles. The molecule has 0 aliphatic carbocycles. The van der Waals surface area contributed by atoms with Crippen LogP contribution in [0, 0.1) is 6.42 Å². The van der Waals surface area contributed by atoms with Gasteiger partial charge >= 0.3 is 5.97 Å². The quantitative estimate of drug-likeness (QED) is 0.237. The Bertz CT molecular complexity index is 1060. The van der Waals surface area contributed by atoms with Crippen LogP contribution in [-0.2, 0) is 11.2 Å². The number of benzene rings is 2. The molecule has 0 aliphatic rings. The number of nitrogens with zero attached hydrogens (tertiary/aromatic N) is 2. The molecule has 0 fully saturated rings. The fourth-order valence-electron chi connectivity index (χ4n) is 3.19. The second kappa shape index (κ2) is 11.1. The van der Waals surface area contributed by atoms with Crippen LogP contribution in [0.3, 0.4) is 0 Å². The molecule has 0 amide bonds. The van der Waals surface area contributed by atoms with Crippen molar-refractivity contribution >= 4 is 44.3 Å². The minimum atomic E-state index is -0.435. The van der Waals surface area contributed by atoms with Gasteiger partial charge in [-0.25, -0.2) is 9.97 Å². The van der Waals surface area contributed by atoms with E-state index in [1.807, 2.05) is 12.1 Å². The first-order valence-electron chi connectivity index (χ1n) is 10.0. The predicted molar refractivity (Wildman–Crippen MR) is 124 cm³/mol. The zero-order valence-electron chi connectivity index (χ0n) is 17.5. The molecule has 31 heavy (non-hydrogen) atoms. The van der Waals surface area contributed by atoms with E-state index in [0.29, 0.717) is 28.2 Å². The normalized spacial score (nSPS) is 10.8. The van der Waals surface area contributed by atoms with Gasteiger partial charge in [0.2, 0.25) is 0 Å². The summed E-state index contributed by atoms with van der Waals surface area (Å²) in [6.07, 6.45) is 7.20. The van der Waals surface area contributed by atoms with E-state index in [1.165, 1.54) is 20.4 Å². The van der Waals surface area contributed by atoms with E-state index in [9.17, 15) is 4.79 Å². The first-order valence-corrected chi connectivity index (χ1v) is 10.8. The molecule has 0 spiro atoms. The standard InChI is InChI=1S/C23H25BrN3O4/c1-15(29)31-22-12-18-20(13-21(22)30-2)25-14-26-23(18)27-19-11-17(24)9-8-16(19)7-5-3-4-6-10-28/h5,8-9,11-14,28H,3-4,6-7,10H2,1-2H3,(H,25,26,27). The lowest BCUT2D eigenvalue weighted by molar-refractivity contribution is -0.132. The summed E-state index contributed by atoms with van der Waals surface area (Å²) in [5, 5.41) is 13.0. The molecule has 1 radical (unpaired) electrons. The van der Waals surface area contributed by atoms with Crippen molar-refractivity contribution in [3.05, 3.63) is 53.1 Å². The van der Waals surface area contributed by atoms with Crippen LogP contribution in [-0.4, -0.2) is 34.8 Å². The summed E-state index contributed by atoms with van der Waals surface area (Å²) in [4.78, 5) is 20.2. The van der Waals surface area contributed by atoms with Crippen LogP contribution in [0.1, 0.15) is 31.7 Å². The van der Waals surface area contributed by atoms with Crippen LogP contribution in [0.2, 0.25) is 0 Å². The fraction of sp³-hybridized carbons (Fsp3) is 0.304. The molecule has 2 N–H and O–H groups in total. The van der Waals surface area contributed by atoms with Gasteiger partial charge in [-0.05, 0) is 49.4 Å². The van der Waals surface area contributed by atoms with Gasteiger partial charge in [0.15, 0.2) is 11.5 Å². The number of methoxy groups -OCH3 is 1. The Kier molecular flexibility index (Phi) is 8.20. The zero-order chi connectivity index (χ0) is 22.2. The number of aliphatic hydroxyl groups is 1. The summed E-state index contributed by atoms with van der Waals surface area (Å²) in [7, 11) is 1.51. The number of aromatic nitrogens is 2. The molecule has 1 heterocycles. The third kappa shape index (κ3) is 6.15. The fourth-order valence-corrected chi connectivity index (χ4v) is 3.55. The summed E-state index contributed by atoms with van der Waals surface area (Å²) < 4.78 is 11.6. The van der Waals surface area contributed by atoms with Crippen molar-refractivity contribution in [2.75, 3.05) is 19.0 Å². The summed E-state index contributed by atoms with van der Waals surface area (Å²) in [5.41, 5.74) is 2.70. The van der Waals surface area contributed by atoms with Crippen molar-refractivity contribution in [1.82, 2.24) is 9.97 Å². The number of hydrogen-bond acceptors (Lipinski definition) is 7. The number of anilines is 2. The van der Waals surface area contributed by atoms with Crippen LogP contribution in [0.25, 0.3) is 10.9 Å². The predicted octanol–water partition coefficient (Wildman–Crippen LogP) is 4.98. The van der Waals surface area contributed by atoms with Crippen LogP contribution >= 0.6 is 15.9 Å². The summed E-state index contributed by atoms with van der Waals surface area (Å²) in [5.74, 6) is 0.899. The SMILES string of the molecule is COc1cc2ncnc(Nc3cc(Br)ccc3C[CH]CCCCO)c2cc1OC(C)=O. The Morgan fingerprint density at radius 3 is 2.77 bits per heavy atom. The van der Waals surface area contributed by atoms with Gasteiger partial charge in [0.25, 0.3) is 0 Å². The van der Waals surface area contributed by atoms with E-state index >= 15 is 0 Å². The number of aliphatic hydroxyl groups excluding tert-OH is 1. The molecule has 2 aromatic carbocycles. The second-order valence-electron chi connectivity index (χ2n) is 6.97. The number of halogens is 1. The van der Waals surface area contributed by atoms with Crippen LogP contribution in [0.15, 0.2) is 41.1 Å². The smallest absolute Gasteiger partial charge is 0.308 e. The lowest BCUT2D eigenvalue weighted by atomic mass is 10.0. The molecule has 7 nitrogen and oxygen atoms in total. The van der Waals surface area contributed by atoms with E-state index in [4.69, 9.17) is 14.6 Å². The molecule has 3 rings (SSSR count). The monoisotopic (exact) mass is 486 g/mol. The topological polar surface area (TPSA) is 93.6 Å². The average Bonchev–Trinajstić information content (AvgIpc) is 2.74. The molecule has 8 heteroatoms. The Hall–Kier alpha value is -2.71. The summed E-state index contributed by atoms with van der Waals surface area (Å²) >= 11 is 3.53. The van der Waals surface area contributed by atoms with Crippen molar-refractivity contribution < 1.29 is 19.4 Å². The average molecular weight is 487 g/mol. The minimum absolute atomic E-state index is 0.222. The number of ether oxygens (including phenoxy) is 2. The molecule has 0 unspecified atom stereocenters. The number of esters is 1. The van der Waals surface area contributed by atoms with Gasteiger partial charge in [0.05, 0.1) is 12.6 Å². The summed E-state index contributed by atoms with van der Waals surface area (Å²) in [6.45, 7) is 1.56. The van der Waals surface area contributed by atoms with Gasteiger partial charge in [0, 0.05) is 35.1 Å². The highest BCUT2D eigenvalue weighted by Gasteiger charge is 2.14.